The maximum Gasteiger partial charge on any atom is 0.253 e. The fraction of sp³-hybridized carbons (Fsp3) is 0.500. The Morgan fingerprint density at radius 1 is 1.12 bits per heavy atom. The maximum atomic E-state index is 12.9. The maximum absolute atomic E-state index is 12.9. The van der Waals surface area contributed by atoms with Gasteiger partial charge in [0.25, 0.3) is 5.91 Å². The van der Waals surface area contributed by atoms with Crippen LogP contribution in [0.25, 0.3) is 5.69 Å². The monoisotopic (exact) mass is 353 g/mol. The molecule has 3 rings (SSSR count). The van der Waals surface area contributed by atoms with Gasteiger partial charge in [0, 0.05) is 42.2 Å². The van der Waals surface area contributed by atoms with Gasteiger partial charge in [0.2, 0.25) is 0 Å². The van der Waals surface area contributed by atoms with Gasteiger partial charge in [-0.3, -0.25) is 4.79 Å². The van der Waals surface area contributed by atoms with Crippen molar-refractivity contribution in [2.75, 3.05) is 13.1 Å². The summed E-state index contributed by atoms with van der Waals surface area (Å²) >= 11 is 0. The average Bonchev–Trinajstić information content (AvgIpc) is 2.90. The zero-order valence-electron chi connectivity index (χ0n) is 16.7. The molecule has 1 saturated heterocycles. The molecule has 0 radical (unpaired) electrons. The second-order valence-corrected chi connectivity index (χ2v) is 7.78. The van der Waals surface area contributed by atoms with E-state index >= 15 is 0 Å². The first-order valence-electron chi connectivity index (χ1n) is 9.68. The highest BCUT2D eigenvalue weighted by Crippen LogP contribution is 2.23. The molecule has 0 saturated carbocycles. The molecule has 0 bridgehead atoms. The number of aromatic nitrogens is 1. The van der Waals surface area contributed by atoms with Gasteiger partial charge in [-0.15, -0.1) is 0 Å². The van der Waals surface area contributed by atoms with Crippen LogP contribution in [0.4, 0.5) is 0 Å². The van der Waals surface area contributed by atoms with E-state index < -0.39 is 0 Å². The first-order valence-corrected chi connectivity index (χ1v) is 9.68. The fourth-order valence-corrected chi connectivity index (χ4v) is 4.00. The van der Waals surface area contributed by atoms with Crippen LogP contribution in [0, 0.1) is 20.8 Å². The molecule has 1 amide bonds. The first-order chi connectivity index (χ1) is 12.4. The van der Waals surface area contributed by atoms with Crippen molar-refractivity contribution < 1.29 is 4.79 Å². The second-order valence-electron chi connectivity index (χ2n) is 7.78. The van der Waals surface area contributed by atoms with E-state index in [9.17, 15) is 4.79 Å². The van der Waals surface area contributed by atoms with Crippen molar-refractivity contribution in [3.8, 4) is 5.69 Å². The molecule has 140 valence electrons. The van der Waals surface area contributed by atoms with Crippen LogP contribution in [0.3, 0.4) is 0 Å². The van der Waals surface area contributed by atoms with Crippen LogP contribution < -0.4 is 5.32 Å². The van der Waals surface area contributed by atoms with Crippen LogP contribution >= 0.6 is 0 Å². The lowest BCUT2D eigenvalue weighted by Gasteiger charge is -2.34. The Bertz CT molecular complexity index is 783. The SMILES string of the molecule is Cc1ccccc1-n1c(C)cc(C(=O)NC2CCN(C(C)C)CC2)c1C. The number of para-hydroxylation sites is 1. The van der Waals surface area contributed by atoms with E-state index in [0.29, 0.717) is 6.04 Å². The Balaban J connectivity index is 1.75. The van der Waals surface area contributed by atoms with Crippen molar-refractivity contribution in [2.24, 2.45) is 0 Å². The third kappa shape index (κ3) is 3.70. The number of hydrogen-bond acceptors (Lipinski definition) is 2. The summed E-state index contributed by atoms with van der Waals surface area (Å²) < 4.78 is 2.19. The van der Waals surface area contributed by atoms with Crippen molar-refractivity contribution in [1.29, 1.82) is 0 Å². The number of carbonyl (C=O) groups excluding carboxylic acids is 1. The average molecular weight is 354 g/mol. The predicted octanol–water partition coefficient (Wildman–Crippen LogP) is 4.01. The minimum atomic E-state index is 0.0564. The van der Waals surface area contributed by atoms with Gasteiger partial charge in [0.1, 0.15) is 0 Å². The standard InChI is InChI=1S/C22H31N3O/c1-15(2)24-12-10-19(11-13-24)23-22(26)20-14-17(4)25(18(20)5)21-9-7-6-8-16(21)3/h6-9,14-15,19H,10-13H2,1-5H3,(H,23,26). The van der Waals surface area contributed by atoms with Gasteiger partial charge in [-0.2, -0.15) is 0 Å². The van der Waals surface area contributed by atoms with E-state index in [0.717, 1.165) is 48.6 Å². The molecule has 2 heterocycles. The van der Waals surface area contributed by atoms with E-state index in [1.54, 1.807) is 0 Å². The van der Waals surface area contributed by atoms with Crippen LogP contribution in [0.2, 0.25) is 0 Å². The number of amides is 1. The molecular formula is C22H31N3O. The number of carbonyl (C=O) groups is 1. The van der Waals surface area contributed by atoms with Gasteiger partial charge in [-0.1, -0.05) is 18.2 Å². The Hall–Kier alpha value is -2.07. The second kappa shape index (κ2) is 7.67. The summed E-state index contributed by atoms with van der Waals surface area (Å²) in [6.45, 7) is 12.8. The van der Waals surface area contributed by atoms with Crippen molar-refractivity contribution in [3.63, 3.8) is 0 Å². The van der Waals surface area contributed by atoms with Crippen LogP contribution in [-0.4, -0.2) is 40.5 Å². The van der Waals surface area contributed by atoms with E-state index in [4.69, 9.17) is 0 Å². The van der Waals surface area contributed by atoms with Gasteiger partial charge in [0.05, 0.1) is 5.56 Å². The number of aryl methyl sites for hydroxylation is 2. The topological polar surface area (TPSA) is 37.3 Å². The molecule has 0 unspecified atom stereocenters. The number of likely N-dealkylation sites (tertiary alicyclic amines) is 1. The minimum Gasteiger partial charge on any atom is -0.349 e. The molecule has 2 aromatic rings. The lowest BCUT2D eigenvalue weighted by atomic mass is 10.0. The molecule has 1 aliphatic rings. The molecule has 1 aliphatic heterocycles. The molecule has 1 aromatic carbocycles. The number of benzene rings is 1. The summed E-state index contributed by atoms with van der Waals surface area (Å²) in [6, 6.07) is 11.2. The van der Waals surface area contributed by atoms with E-state index in [1.165, 1.54) is 5.56 Å². The molecule has 1 fully saturated rings. The smallest absolute Gasteiger partial charge is 0.253 e. The van der Waals surface area contributed by atoms with Gasteiger partial charge in [-0.05, 0) is 65.2 Å². The third-order valence-corrected chi connectivity index (χ3v) is 5.63. The number of rotatable bonds is 4. The summed E-state index contributed by atoms with van der Waals surface area (Å²) in [5, 5.41) is 3.26. The van der Waals surface area contributed by atoms with Gasteiger partial charge in [-0.25, -0.2) is 0 Å². The van der Waals surface area contributed by atoms with E-state index in [-0.39, 0.29) is 11.9 Å². The largest absolute Gasteiger partial charge is 0.349 e. The summed E-state index contributed by atoms with van der Waals surface area (Å²) in [5.41, 5.74) is 5.25. The molecule has 4 nitrogen and oxygen atoms in total. The summed E-state index contributed by atoms with van der Waals surface area (Å²) in [6.07, 6.45) is 2.06. The van der Waals surface area contributed by atoms with Crippen molar-refractivity contribution in [3.05, 3.63) is 52.8 Å². The molecule has 1 aromatic heterocycles. The Morgan fingerprint density at radius 2 is 1.77 bits per heavy atom. The highest BCUT2D eigenvalue weighted by molar-refractivity contribution is 5.96. The van der Waals surface area contributed by atoms with Crippen LogP contribution in [0.15, 0.2) is 30.3 Å². The van der Waals surface area contributed by atoms with Crippen LogP contribution in [0.5, 0.6) is 0 Å². The number of nitrogens with one attached hydrogen (secondary N) is 1. The van der Waals surface area contributed by atoms with Crippen LogP contribution in [-0.2, 0) is 0 Å². The molecular weight excluding hydrogens is 322 g/mol. The van der Waals surface area contributed by atoms with Gasteiger partial charge < -0.3 is 14.8 Å². The van der Waals surface area contributed by atoms with Gasteiger partial charge >= 0.3 is 0 Å². The fourth-order valence-electron chi connectivity index (χ4n) is 4.00. The predicted molar refractivity (Wildman–Crippen MR) is 107 cm³/mol. The Kier molecular flexibility index (Phi) is 5.52. The normalized spacial score (nSPS) is 16.2. The quantitative estimate of drug-likeness (QED) is 0.902. The zero-order chi connectivity index (χ0) is 18.8. The lowest BCUT2D eigenvalue weighted by Crippen LogP contribution is -2.46. The summed E-state index contributed by atoms with van der Waals surface area (Å²) in [4.78, 5) is 15.4. The van der Waals surface area contributed by atoms with Crippen molar-refractivity contribution in [2.45, 2.75) is 59.5 Å². The summed E-state index contributed by atoms with van der Waals surface area (Å²) in [5.74, 6) is 0.0564. The highest BCUT2D eigenvalue weighted by atomic mass is 16.1. The molecule has 26 heavy (non-hydrogen) atoms. The summed E-state index contributed by atoms with van der Waals surface area (Å²) in [7, 11) is 0. The molecule has 4 heteroatoms. The van der Waals surface area contributed by atoms with Gasteiger partial charge in [0.15, 0.2) is 0 Å². The number of hydrogen-bond donors (Lipinski definition) is 1. The lowest BCUT2D eigenvalue weighted by molar-refractivity contribution is 0.0900. The van der Waals surface area contributed by atoms with Crippen molar-refractivity contribution >= 4 is 5.91 Å². The van der Waals surface area contributed by atoms with E-state index in [1.807, 2.05) is 25.1 Å². The van der Waals surface area contributed by atoms with Crippen LogP contribution in [0.1, 0.15) is 54.0 Å². The molecule has 0 atom stereocenters. The molecule has 1 N–H and O–H groups in total. The number of nitrogens with zero attached hydrogens (tertiary/aromatic N) is 2. The Labute approximate surface area is 157 Å². The minimum absolute atomic E-state index is 0.0564. The first kappa shape index (κ1) is 18.7. The third-order valence-electron chi connectivity index (χ3n) is 5.63. The molecule has 0 spiro atoms. The van der Waals surface area contributed by atoms with E-state index in [2.05, 4.69) is 54.6 Å². The highest BCUT2D eigenvalue weighted by Gasteiger charge is 2.24. The zero-order valence-corrected chi connectivity index (χ0v) is 16.7. The Morgan fingerprint density at radius 3 is 2.38 bits per heavy atom. The molecule has 0 aliphatic carbocycles. The number of piperidine rings is 1. The van der Waals surface area contributed by atoms with Crippen molar-refractivity contribution in [1.82, 2.24) is 14.8 Å².